The van der Waals surface area contributed by atoms with E-state index in [1.165, 1.54) is 141 Å². The summed E-state index contributed by atoms with van der Waals surface area (Å²) in [5.41, 5.74) is 0. The lowest BCUT2D eigenvalue weighted by molar-refractivity contribution is 0.163. The van der Waals surface area contributed by atoms with Crippen molar-refractivity contribution in [2.24, 2.45) is 0 Å². The zero-order chi connectivity index (χ0) is 23.4. The van der Waals surface area contributed by atoms with Crippen LogP contribution in [0.2, 0.25) is 0 Å². The van der Waals surface area contributed by atoms with Gasteiger partial charge in [-0.15, -0.1) is 0 Å². The summed E-state index contributed by atoms with van der Waals surface area (Å²) in [6.07, 6.45) is 31.9. The Labute approximate surface area is 203 Å². The first-order valence-corrected chi connectivity index (χ1v) is 15.8. The summed E-state index contributed by atoms with van der Waals surface area (Å²) in [4.78, 5) is 0. The quantitative estimate of drug-likeness (QED) is 0.0842. The molecule has 0 aliphatic rings. The van der Waals surface area contributed by atoms with Crippen LogP contribution in [0, 0.1) is 0 Å². The molecule has 0 aromatic heterocycles. The molecule has 0 rings (SSSR count). The smallest absolute Gasteiger partial charge is 0.496 e. The Morgan fingerprint density at radius 3 is 0.844 bits per heavy atom. The van der Waals surface area contributed by atoms with Gasteiger partial charge >= 0.3 is 9.17 Å². The fraction of sp³-hybridized carbons (Fsp3) is 1.00. The summed E-state index contributed by atoms with van der Waals surface area (Å²) in [5.74, 6) is 0. The van der Waals surface area contributed by atoms with E-state index in [1.807, 2.05) is 0 Å². The second-order valence-corrected chi connectivity index (χ2v) is 10.8. The van der Waals surface area contributed by atoms with Crippen LogP contribution in [-0.4, -0.2) is 22.4 Å². The summed E-state index contributed by atoms with van der Waals surface area (Å²) in [6.45, 7) is 5.73. The predicted molar refractivity (Wildman–Crippen MR) is 141 cm³/mol. The van der Waals surface area contributed by atoms with Crippen LogP contribution in [0.25, 0.3) is 0 Å². The van der Waals surface area contributed by atoms with Gasteiger partial charge in [0.1, 0.15) is 0 Å². The first-order valence-electron chi connectivity index (χ1n) is 14.6. The van der Waals surface area contributed by atoms with Gasteiger partial charge < -0.3 is 8.85 Å². The number of hydrogen-bond acceptors (Lipinski definition) is 3. The summed E-state index contributed by atoms with van der Waals surface area (Å²) in [7, 11) is -2.27. The van der Waals surface area contributed by atoms with Gasteiger partial charge in [-0.05, 0) is 12.8 Å². The normalized spacial score (nSPS) is 11.1. The average Bonchev–Trinajstić information content (AvgIpc) is 2.80. The van der Waals surface area contributed by atoms with Crippen LogP contribution >= 0.6 is 0 Å². The maximum absolute atomic E-state index is 11.8. The van der Waals surface area contributed by atoms with Gasteiger partial charge in [0.15, 0.2) is 0 Å². The first kappa shape index (κ1) is 31.6. The molecule has 4 heteroatoms. The lowest BCUT2D eigenvalue weighted by Crippen LogP contribution is -2.14. The molecule has 0 saturated heterocycles. The van der Waals surface area contributed by atoms with Gasteiger partial charge in [0.2, 0.25) is 0 Å². The van der Waals surface area contributed by atoms with Crippen LogP contribution in [0.5, 0.6) is 0 Å². The summed E-state index contributed by atoms with van der Waals surface area (Å²) < 4.78 is 22.5. The fourth-order valence-electron chi connectivity index (χ4n) is 4.24. The zero-order valence-electron chi connectivity index (χ0n) is 22.1. The molecule has 32 heavy (non-hydrogen) atoms. The van der Waals surface area contributed by atoms with Crippen molar-refractivity contribution in [1.29, 1.82) is 0 Å². The molecule has 192 valence electrons. The Morgan fingerprint density at radius 1 is 0.375 bits per heavy atom. The molecule has 0 N–H and O–H groups in total. The SMILES string of the molecule is CCCCCCCCCCCCCCO[Si](=O)OCCCCCCCCCCCCCC. The molecule has 0 unspecified atom stereocenters. The molecular weight excluding hydrogens is 412 g/mol. The minimum atomic E-state index is -2.27. The van der Waals surface area contributed by atoms with Crippen molar-refractivity contribution in [1.82, 2.24) is 0 Å². The van der Waals surface area contributed by atoms with E-state index in [-0.39, 0.29) is 0 Å². The van der Waals surface area contributed by atoms with Crippen molar-refractivity contribution in [2.45, 2.75) is 168 Å². The molecule has 0 spiro atoms. The van der Waals surface area contributed by atoms with Crippen molar-refractivity contribution in [3.8, 4) is 0 Å². The maximum atomic E-state index is 11.8. The van der Waals surface area contributed by atoms with Gasteiger partial charge in [0.25, 0.3) is 0 Å². The lowest BCUT2D eigenvalue weighted by atomic mass is 10.1. The number of hydrogen-bond donors (Lipinski definition) is 0. The maximum Gasteiger partial charge on any atom is 0.767 e. The second kappa shape index (κ2) is 28.6. The van der Waals surface area contributed by atoms with Crippen LogP contribution < -0.4 is 0 Å². The molecule has 0 saturated carbocycles. The molecule has 0 aromatic rings. The van der Waals surface area contributed by atoms with Crippen molar-refractivity contribution < 1.29 is 13.3 Å². The first-order chi connectivity index (χ1) is 15.8. The molecule has 3 nitrogen and oxygen atoms in total. The Hall–Kier alpha value is -0.383. The number of unbranched alkanes of at least 4 members (excludes halogenated alkanes) is 22. The van der Waals surface area contributed by atoms with E-state index < -0.39 is 9.17 Å². The van der Waals surface area contributed by atoms with Crippen LogP contribution in [0.15, 0.2) is 0 Å². The van der Waals surface area contributed by atoms with E-state index >= 15 is 0 Å². The van der Waals surface area contributed by atoms with E-state index in [0.717, 1.165) is 12.8 Å². The molecule has 0 fully saturated rings. The highest BCUT2D eigenvalue weighted by molar-refractivity contribution is 6.26. The summed E-state index contributed by atoms with van der Waals surface area (Å²) in [5, 5.41) is 0. The monoisotopic (exact) mass is 470 g/mol. The molecule has 0 aromatic carbocycles. The van der Waals surface area contributed by atoms with Crippen LogP contribution in [0.4, 0.5) is 0 Å². The van der Waals surface area contributed by atoms with E-state index in [0.29, 0.717) is 13.2 Å². The molecule has 0 bridgehead atoms. The van der Waals surface area contributed by atoms with Crippen LogP contribution in [0.1, 0.15) is 168 Å². The largest absolute Gasteiger partial charge is 0.767 e. The lowest BCUT2D eigenvalue weighted by Gasteiger charge is -2.06. The Kier molecular flexibility index (Phi) is 28.3. The molecule has 0 atom stereocenters. The standard InChI is InChI=1S/C28H58O3Si/c1-3-5-7-9-11-13-15-17-19-21-23-25-27-30-32(29)31-28-26-24-22-20-18-16-14-12-10-8-6-4-2/h3-28H2,1-2H3. The third kappa shape index (κ3) is 27.7. The van der Waals surface area contributed by atoms with Gasteiger partial charge in [-0.3, -0.25) is 4.46 Å². The third-order valence-corrected chi connectivity index (χ3v) is 7.32. The van der Waals surface area contributed by atoms with Gasteiger partial charge in [-0.25, -0.2) is 0 Å². The van der Waals surface area contributed by atoms with E-state index in [9.17, 15) is 4.46 Å². The highest BCUT2D eigenvalue weighted by Crippen LogP contribution is 2.13. The molecule has 0 aliphatic heterocycles. The van der Waals surface area contributed by atoms with Gasteiger partial charge in [0.05, 0.1) is 13.2 Å². The second-order valence-electron chi connectivity index (χ2n) is 9.73. The van der Waals surface area contributed by atoms with Crippen molar-refractivity contribution in [3.05, 3.63) is 0 Å². The summed E-state index contributed by atoms with van der Waals surface area (Å²) >= 11 is 0. The van der Waals surface area contributed by atoms with E-state index in [4.69, 9.17) is 8.85 Å². The zero-order valence-corrected chi connectivity index (χ0v) is 23.1. The number of rotatable bonds is 28. The van der Waals surface area contributed by atoms with Crippen molar-refractivity contribution >= 4 is 9.17 Å². The van der Waals surface area contributed by atoms with E-state index in [2.05, 4.69) is 13.8 Å². The van der Waals surface area contributed by atoms with Crippen molar-refractivity contribution in [3.63, 3.8) is 0 Å². The van der Waals surface area contributed by atoms with Gasteiger partial charge in [-0.1, -0.05) is 155 Å². The Balaban J connectivity index is 3.14. The molecule has 0 amide bonds. The summed E-state index contributed by atoms with van der Waals surface area (Å²) in [6, 6.07) is 0. The van der Waals surface area contributed by atoms with Gasteiger partial charge in [-0.2, -0.15) is 0 Å². The molecular formula is C28H58O3Si. The van der Waals surface area contributed by atoms with E-state index in [1.54, 1.807) is 0 Å². The predicted octanol–water partition coefficient (Wildman–Crippen LogP) is 9.84. The topological polar surface area (TPSA) is 35.5 Å². The molecule has 0 radical (unpaired) electrons. The third-order valence-electron chi connectivity index (χ3n) is 6.44. The minimum Gasteiger partial charge on any atom is -0.496 e. The fourth-order valence-corrected chi connectivity index (χ4v) is 4.94. The van der Waals surface area contributed by atoms with Crippen LogP contribution in [0.3, 0.4) is 0 Å². The molecule has 0 aliphatic carbocycles. The Morgan fingerprint density at radius 2 is 0.594 bits per heavy atom. The Bertz CT molecular complexity index is 331. The van der Waals surface area contributed by atoms with Gasteiger partial charge in [0, 0.05) is 0 Å². The average molecular weight is 471 g/mol. The molecule has 0 heterocycles. The highest BCUT2D eigenvalue weighted by Gasteiger charge is 2.09. The van der Waals surface area contributed by atoms with Crippen LogP contribution in [-0.2, 0) is 13.3 Å². The highest BCUT2D eigenvalue weighted by atomic mass is 28.3. The van der Waals surface area contributed by atoms with Crippen molar-refractivity contribution in [2.75, 3.05) is 13.2 Å². The minimum absolute atomic E-state index is 0.591.